The van der Waals surface area contributed by atoms with Crippen LogP contribution in [0.2, 0.25) is 0 Å². The van der Waals surface area contributed by atoms with E-state index in [0.29, 0.717) is 12.1 Å². The normalized spacial score (nSPS) is 27.6. The molecule has 4 nitrogen and oxygen atoms in total. The van der Waals surface area contributed by atoms with Gasteiger partial charge in [-0.3, -0.25) is 5.32 Å². The van der Waals surface area contributed by atoms with Crippen LogP contribution in [0.15, 0.2) is 23.7 Å². The van der Waals surface area contributed by atoms with Gasteiger partial charge in [-0.25, -0.2) is 0 Å². The fraction of sp³-hybridized carbons (Fsp3) is 0.778. The first kappa shape index (κ1) is 15.7. The van der Waals surface area contributed by atoms with E-state index in [1.807, 2.05) is 6.20 Å². The van der Waals surface area contributed by atoms with Crippen LogP contribution in [-0.2, 0) is 4.74 Å². The third-order valence-electron chi connectivity index (χ3n) is 5.22. The van der Waals surface area contributed by atoms with Crippen molar-refractivity contribution in [3.8, 4) is 0 Å². The highest BCUT2D eigenvalue weighted by Crippen LogP contribution is 2.22. The summed E-state index contributed by atoms with van der Waals surface area (Å²) in [6, 6.07) is 1.26. The molecule has 0 radical (unpaired) electrons. The van der Waals surface area contributed by atoms with Crippen LogP contribution in [0, 0.1) is 0 Å². The second-order valence-corrected chi connectivity index (χ2v) is 6.93. The SMILES string of the molecule is COC1=CNC(NC2CCCCC2)C(NC2CCCCC2)=C1. The standard InChI is InChI=1S/C18H31N3O/c1-22-16-12-17(20-14-8-4-2-5-9-14)18(19-13-16)21-15-10-6-3-7-11-15/h12-15,18-21H,2-11H2,1H3. The Morgan fingerprint density at radius 3 is 2.23 bits per heavy atom. The van der Waals surface area contributed by atoms with Crippen LogP contribution in [0.25, 0.3) is 0 Å². The third-order valence-corrected chi connectivity index (χ3v) is 5.22. The van der Waals surface area contributed by atoms with Gasteiger partial charge in [0.25, 0.3) is 0 Å². The van der Waals surface area contributed by atoms with Gasteiger partial charge < -0.3 is 15.4 Å². The van der Waals surface area contributed by atoms with E-state index in [0.717, 1.165) is 5.76 Å². The molecular weight excluding hydrogens is 274 g/mol. The fourth-order valence-electron chi connectivity index (χ4n) is 3.90. The Labute approximate surface area is 134 Å². The number of methoxy groups -OCH3 is 1. The zero-order chi connectivity index (χ0) is 15.2. The van der Waals surface area contributed by atoms with Gasteiger partial charge in [-0.2, -0.15) is 0 Å². The average Bonchev–Trinajstić information content (AvgIpc) is 2.58. The molecule has 4 heteroatoms. The van der Waals surface area contributed by atoms with Crippen molar-refractivity contribution in [2.75, 3.05) is 7.11 Å². The molecule has 3 aliphatic rings. The van der Waals surface area contributed by atoms with Crippen LogP contribution >= 0.6 is 0 Å². The molecule has 2 saturated carbocycles. The van der Waals surface area contributed by atoms with E-state index in [1.54, 1.807) is 7.11 Å². The van der Waals surface area contributed by atoms with Crippen LogP contribution in [0.3, 0.4) is 0 Å². The Hall–Kier alpha value is -1.16. The van der Waals surface area contributed by atoms with E-state index in [-0.39, 0.29) is 6.17 Å². The van der Waals surface area contributed by atoms with Gasteiger partial charge in [-0.15, -0.1) is 0 Å². The summed E-state index contributed by atoms with van der Waals surface area (Å²) in [5.74, 6) is 0.903. The van der Waals surface area contributed by atoms with Crippen molar-refractivity contribution >= 4 is 0 Å². The van der Waals surface area contributed by atoms with E-state index >= 15 is 0 Å². The largest absolute Gasteiger partial charge is 0.495 e. The van der Waals surface area contributed by atoms with Crippen LogP contribution in [0.5, 0.6) is 0 Å². The van der Waals surface area contributed by atoms with Gasteiger partial charge in [0.2, 0.25) is 0 Å². The van der Waals surface area contributed by atoms with Gasteiger partial charge in [-0.1, -0.05) is 38.5 Å². The zero-order valence-corrected chi connectivity index (χ0v) is 13.9. The molecule has 0 aromatic rings. The molecule has 3 N–H and O–H groups in total. The van der Waals surface area contributed by atoms with Crippen molar-refractivity contribution in [2.24, 2.45) is 0 Å². The highest BCUT2D eigenvalue weighted by atomic mass is 16.5. The lowest BCUT2D eigenvalue weighted by molar-refractivity contribution is 0.283. The van der Waals surface area contributed by atoms with E-state index in [1.165, 1.54) is 69.9 Å². The quantitative estimate of drug-likeness (QED) is 0.730. The minimum absolute atomic E-state index is 0.198. The number of rotatable bonds is 5. The Kier molecular flexibility index (Phi) is 5.65. The van der Waals surface area contributed by atoms with E-state index in [9.17, 15) is 0 Å². The van der Waals surface area contributed by atoms with Crippen molar-refractivity contribution in [2.45, 2.75) is 82.5 Å². The molecule has 0 aromatic heterocycles. The van der Waals surface area contributed by atoms with Gasteiger partial charge in [0.05, 0.1) is 12.8 Å². The summed E-state index contributed by atoms with van der Waals surface area (Å²) >= 11 is 0. The summed E-state index contributed by atoms with van der Waals surface area (Å²) < 4.78 is 5.40. The van der Waals surface area contributed by atoms with Crippen LogP contribution < -0.4 is 16.0 Å². The number of allylic oxidation sites excluding steroid dienone is 1. The summed E-state index contributed by atoms with van der Waals surface area (Å²) in [5.41, 5.74) is 1.25. The maximum Gasteiger partial charge on any atom is 0.136 e. The molecule has 1 atom stereocenters. The smallest absolute Gasteiger partial charge is 0.136 e. The number of hydrogen-bond donors (Lipinski definition) is 3. The second kappa shape index (κ2) is 7.91. The summed E-state index contributed by atoms with van der Waals surface area (Å²) in [4.78, 5) is 0. The maximum absolute atomic E-state index is 5.40. The van der Waals surface area contributed by atoms with Crippen molar-refractivity contribution in [3.05, 3.63) is 23.7 Å². The van der Waals surface area contributed by atoms with Gasteiger partial charge in [-0.05, 0) is 25.7 Å². The molecule has 1 heterocycles. The fourth-order valence-corrected chi connectivity index (χ4v) is 3.90. The minimum atomic E-state index is 0.198. The first-order valence-electron chi connectivity index (χ1n) is 9.09. The lowest BCUT2D eigenvalue weighted by Gasteiger charge is -2.35. The Morgan fingerprint density at radius 1 is 0.955 bits per heavy atom. The number of hydrogen-bond acceptors (Lipinski definition) is 4. The average molecular weight is 305 g/mol. The third kappa shape index (κ3) is 4.19. The maximum atomic E-state index is 5.40. The molecule has 124 valence electrons. The van der Waals surface area contributed by atoms with Crippen LogP contribution in [0.4, 0.5) is 0 Å². The van der Waals surface area contributed by atoms with Crippen LogP contribution in [-0.4, -0.2) is 25.4 Å². The lowest BCUT2D eigenvalue weighted by atomic mass is 9.94. The van der Waals surface area contributed by atoms with Crippen molar-refractivity contribution < 1.29 is 4.74 Å². The topological polar surface area (TPSA) is 45.3 Å². The lowest BCUT2D eigenvalue weighted by Crippen LogP contribution is -2.52. The monoisotopic (exact) mass is 305 g/mol. The second-order valence-electron chi connectivity index (χ2n) is 6.93. The van der Waals surface area contributed by atoms with E-state index in [2.05, 4.69) is 22.0 Å². The molecule has 0 bridgehead atoms. The highest BCUT2D eigenvalue weighted by molar-refractivity contribution is 5.26. The number of dihydropyridines is 1. The molecule has 3 rings (SSSR count). The minimum Gasteiger partial charge on any atom is -0.495 e. The van der Waals surface area contributed by atoms with Gasteiger partial charge in [0.15, 0.2) is 0 Å². The summed E-state index contributed by atoms with van der Waals surface area (Å²) in [6.07, 6.45) is 17.7. The first-order chi connectivity index (χ1) is 10.8. The van der Waals surface area contributed by atoms with Crippen LogP contribution in [0.1, 0.15) is 64.2 Å². The number of ether oxygens (including phenoxy) is 1. The molecule has 2 fully saturated rings. The molecule has 1 aliphatic heterocycles. The van der Waals surface area contributed by atoms with Crippen molar-refractivity contribution in [1.82, 2.24) is 16.0 Å². The predicted octanol–water partition coefficient (Wildman–Crippen LogP) is 3.13. The molecule has 0 spiro atoms. The van der Waals surface area contributed by atoms with Gasteiger partial charge >= 0.3 is 0 Å². The number of nitrogens with one attached hydrogen (secondary N) is 3. The molecule has 0 aromatic carbocycles. The van der Waals surface area contributed by atoms with E-state index in [4.69, 9.17) is 4.74 Å². The molecule has 1 unspecified atom stereocenters. The summed E-state index contributed by atoms with van der Waals surface area (Å²) in [5, 5.41) is 11.1. The summed E-state index contributed by atoms with van der Waals surface area (Å²) in [7, 11) is 1.73. The predicted molar refractivity (Wildman–Crippen MR) is 90.1 cm³/mol. The van der Waals surface area contributed by atoms with Crippen molar-refractivity contribution in [3.63, 3.8) is 0 Å². The van der Waals surface area contributed by atoms with Gasteiger partial charge in [0, 0.05) is 24.4 Å². The van der Waals surface area contributed by atoms with E-state index < -0.39 is 0 Å². The Bertz CT molecular complexity index is 407. The molecule has 2 aliphatic carbocycles. The first-order valence-corrected chi connectivity index (χ1v) is 9.09. The summed E-state index contributed by atoms with van der Waals surface area (Å²) in [6.45, 7) is 0. The molecule has 22 heavy (non-hydrogen) atoms. The van der Waals surface area contributed by atoms with Crippen molar-refractivity contribution in [1.29, 1.82) is 0 Å². The zero-order valence-electron chi connectivity index (χ0n) is 13.9. The Balaban J connectivity index is 1.62. The molecule has 0 amide bonds. The van der Waals surface area contributed by atoms with Gasteiger partial charge in [0.1, 0.15) is 11.9 Å². The molecule has 0 saturated heterocycles. The Morgan fingerprint density at radius 2 is 1.59 bits per heavy atom. The highest BCUT2D eigenvalue weighted by Gasteiger charge is 2.25. The molecular formula is C18H31N3O.